The van der Waals surface area contributed by atoms with Crippen LogP contribution in [0.25, 0.3) is 0 Å². The van der Waals surface area contributed by atoms with Crippen LogP contribution in [0.2, 0.25) is 0 Å². The van der Waals surface area contributed by atoms with Gasteiger partial charge in [0.1, 0.15) is 28.5 Å². The summed E-state index contributed by atoms with van der Waals surface area (Å²) in [6.07, 6.45) is 3.03. The second-order valence-electron chi connectivity index (χ2n) is 8.02. The first-order valence-corrected chi connectivity index (χ1v) is 12.3. The maximum absolute atomic E-state index is 12.6. The van der Waals surface area contributed by atoms with Gasteiger partial charge in [0, 0.05) is 24.8 Å². The third kappa shape index (κ3) is 5.82. The van der Waals surface area contributed by atoms with Crippen molar-refractivity contribution in [2.24, 2.45) is 10.7 Å². The minimum absolute atomic E-state index is 0.0212. The van der Waals surface area contributed by atoms with E-state index in [0.29, 0.717) is 36.1 Å². The first-order valence-electron chi connectivity index (χ1n) is 10.7. The molecule has 1 aliphatic heterocycles. The lowest BCUT2D eigenvalue weighted by Gasteiger charge is -2.34. The highest BCUT2D eigenvalue weighted by Gasteiger charge is 2.24. The Morgan fingerprint density at radius 3 is 2.86 bits per heavy atom. The number of morpholine rings is 1. The zero-order valence-electron chi connectivity index (χ0n) is 19.2. The van der Waals surface area contributed by atoms with Crippen LogP contribution in [0, 0.1) is 6.92 Å². The number of anilines is 3. The Labute approximate surface area is 208 Å². The van der Waals surface area contributed by atoms with E-state index < -0.39 is 17.3 Å². The van der Waals surface area contributed by atoms with Crippen LogP contribution in [-0.4, -0.2) is 73.0 Å². The topological polar surface area (TPSA) is 184 Å². The van der Waals surface area contributed by atoms with Crippen LogP contribution in [0.5, 0.6) is 5.88 Å². The summed E-state index contributed by atoms with van der Waals surface area (Å²) in [4.78, 5) is 43.4. The number of ether oxygens (including phenoxy) is 1. The predicted octanol–water partition coefficient (Wildman–Crippen LogP) is 1.46. The van der Waals surface area contributed by atoms with Crippen LogP contribution in [-0.2, 0) is 4.74 Å². The second kappa shape index (κ2) is 10.5. The monoisotopic (exact) mass is 519 g/mol. The zero-order valence-corrected chi connectivity index (χ0v) is 20.9. The van der Waals surface area contributed by atoms with Crippen LogP contribution < -0.4 is 21.9 Å². The standard InChI is InChI=1S/C20H25N9O4S2/c1-9-4-22-7-23-15(9)25-17(31)13-18(32)26-20(34-13)27-19-12(16(30)28-35-19)14(21)24-8-29-5-10(2)33-11(3)6-29/h4,7,10-11,32H,5-6,8H2,1-3H3,(H2,21,24)(H,26,27)(H,28,30)(H,22,23,25,31). The van der Waals surface area contributed by atoms with E-state index in [1.165, 1.54) is 6.33 Å². The van der Waals surface area contributed by atoms with Gasteiger partial charge in [-0.2, -0.15) is 4.98 Å². The van der Waals surface area contributed by atoms with E-state index in [9.17, 15) is 14.7 Å². The fraction of sp³-hybridized carbons (Fsp3) is 0.400. The number of amides is 1. The molecule has 1 saturated heterocycles. The fourth-order valence-corrected chi connectivity index (χ4v) is 5.15. The fourth-order valence-electron chi connectivity index (χ4n) is 3.58. The Hall–Kier alpha value is -3.40. The first kappa shape index (κ1) is 24.7. The number of carbonyl (C=O) groups is 1. The smallest absolute Gasteiger partial charge is 0.272 e. The van der Waals surface area contributed by atoms with Crippen LogP contribution in [0.15, 0.2) is 22.3 Å². The van der Waals surface area contributed by atoms with Crippen molar-refractivity contribution in [3.63, 3.8) is 0 Å². The maximum Gasteiger partial charge on any atom is 0.272 e. The summed E-state index contributed by atoms with van der Waals surface area (Å²) in [5.41, 5.74) is 6.59. The van der Waals surface area contributed by atoms with Gasteiger partial charge < -0.3 is 26.2 Å². The van der Waals surface area contributed by atoms with Gasteiger partial charge in [0.2, 0.25) is 5.88 Å². The third-order valence-electron chi connectivity index (χ3n) is 5.06. The third-order valence-corrected chi connectivity index (χ3v) is 6.81. The number of H-pyrrole nitrogens is 1. The molecule has 4 heterocycles. The maximum atomic E-state index is 12.6. The number of aryl methyl sites for hydroxylation is 1. The molecular formula is C20H25N9O4S2. The Kier molecular flexibility index (Phi) is 7.39. The van der Waals surface area contributed by atoms with E-state index in [1.807, 2.05) is 13.8 Å². The molecule has 0 bridgehead atoms. The molecule has 4 rings (SSSR count). The van der Waals surface area contributed by atoms with Crippen LogP contribution in [0.4, 0.5) is 16.0 Å². The van der Waals surface area contributed by atoms with E-state index in [2.05, 4.69) is 39.9 Å². The Bertz CT molecular complexity index is 1290. The zero-order chi connectivity index (χ0) is 25.1. The molecule has 13 nitrogen and oxygen atoms in total. The molecule has 1 amide bonds. The highest BCUT2D eigenvalue weighted by atomic mass is 32.1. The van der Waals surface area contributed by atoms with Gasteiger partial charge in [0.15, 0.2) is 10.0 Å². The number of hydrogen-bond acceptors (Lipinski definition) is 12. The summed E-state index contributed by atoms with van der Waals surface area (Å²) in [5, 5.41) is 16.4. The molecule has 3 aromatic heterocycles. The van der Waals surface area contributed by atoms with Crippen molar-refractivity contribution in [3.8, 4) is 5.88 Å². The van der Waals surface area contributed by atoms with Crippen molar-refractivity contribution in [1.29, 1.82) is 0 Å². The molecule has 0 radical (unpaired) electrons. The number of aromatic hydroxyl groups is 1. The Balaban J connectivity index is 1.48. The van der Waals surface area contributed by atoms with Gasteiger partial charge in [-0.05, 0) is 32.3 Å². The number of aromatic nitrogens is 4. The average Bonchev–Trinajstić information content (AvgIpc) is 3.35. The molecule has 15 heteroatoms. The molecule has 0 spiro atoms. The summed E-state index contributed by atoms with van der Waals surface area (Å²) in [5.74, 6) is -0.637. The van der Waals surface area contributed by atoms with E-state index in [0.717, 1.165) is 22.9 Å². The summed E-state index contributed by atoms with van der Waals surface area (Å²) in [6, 6.07) is 0. The molecular weight excluding hydrogens is 494 g/mol. The van der Waals surface area contributed by atoms with Crippen LogP contribution >= 0.6 is 22.9 Å². The first-order chi connectivity index (χ1) is 16.7. The number of rotatable bonds is 7. The van der Waals surface area contributed by atoms with E-state index in [1.54, 1.807) is 13.1 Å². The molecule has 35 heavy (non-hydrogen) atoms. The number of carbonyl (C=O) groups excluding carboxylic acids is 1. The number of aromatic amines is 1. The summed E-state index contributed by atoms with van der Waals surface area (Å²) in [6.45, 7) is 7.48. The lowest BCUT2D eigenvalue weighted by atomic mass is 10.2. The molecule has 0 aliphatic carbocycles. The van der Waals surface area contributed by atoms with Gasteiger partial charge in [0.25, 0.3) is 11.5 Å². The lowest BCUT2D eigenvalue weighted by molar-refractivity contribution is -0.0670. The quantitative estimate of drug-likeness (QED) is 0.226. The number of thiazole rings is 1. The molecule has 0 aromatic carbocycles. The second-order valence-corrected chi connectivity index (χ2v) is 9.84. The molecule has 2 atom stereocenters. The molecule has 186 valence electrons. The highest BCUT2D eigenvalue weighted by Crippen LogP contribution is 2.32. The minimum Gasteiger partial charge on any atom is -0.492 e. The average molecular weight is 520 g/mol. The predicted molar refractivity (Wildman–Crippen MR) is 134 cm³/mol. The van der Waals surface area contributed by atoms with Crippen molar-refractivity contribution < 1.29 is 14.6 Å². The van der Waals surface area contributed by atoms with Gasteiger partial charge in [-0.1, -0.05) is 11.3 Å². The number of amidine groups is 1. The summed E-state index contributed by atoms with van der Waals surface area (Å²) < 4.78 is 8.35. The van der Waals surface area contributed by atoms with Gasteiger partial charge in [0.05, 0.1) is 18.9 Å². The van der Waals surface area contributed by atoms with Crippen LogP contribution in [0.3, 0.4) is 0 Å². The summed E-state index contributed by atoms with van der Waals surface area (Å²) in [7, 11) is 0. The molecule has 2 unspecified atom stereocenters. The lowest BCUT2D eigenvalue weighted by Crippen LogP contribution is -2.45. The molecule has 1 aliphatic rings. The number of nitrogens with two attached hydrogens (primary N) is 1. The number of hydrogen-bond donors (Lipinski definition) is 5. The minimum atomic E-state index is -0.577. The van der Waals surface area contributed by atoms with E-state index >= 15 is 0 Å². The van der Waals surface area contributed by atoms with Crippen molar-refractivity contribution in [3.05, 3.63) is 38.9 Å². The molecule has 3 aromatic rings. The number of nitrogens with zero attached hydrogens (tertiary/aromatic N) is 5. The molecule has 6 N–H and O–H groups in total. The van der Waals surface area contributed by atoms with Crippen LogP contribution in [0.1, 0.15) is 34.6 Å². The summed E-state index contributed by atoms with van der Waals surface area (Å²) >= 11 is 1.93. The largest absolute Gasteiger partial charge is 0.492 e. The van der Waals surface area contributed by atoms with Gasteiger partial charge in [-0.15, -0.1) is 0 Å². The number of nitrogens with one attached hydrogen (secondary N) is 3. The van der Waals surface area contributed by atoms with Gasteiger partial charge in [-0.3, -0.25) is 23.9 Å². The van der Waals surface area contributed by atoms with Crippen molar-refractivity contribution in [1.82, 2.24) is 24.2 Å². The normalized spacial score (nSPS) is 19.0. The van der Waals surface area contributed by atoms with E-state index in [-0.39, 0.29) is 33.6 Å². The SMILES string of the molecule is Cc1cncnc1NC(=O)c1sc(Nc2s[nH]c(=O)c2C(N)=NCN2CC(C)OC(C)C2)nc1O. The van der Waals surface area contributed by atoms with Gasteiger partial charge in [-0.25, -0.2) is 9.97 Å². The van der Waals surface area contributed by atoms with E-state index in [4.69, 9.17) is 10.5 Å². The molecule has 1 fully saturated rings. The number of aliphatic imine (C=N–C) groups is 1. The highest BCUT2D eigenvalue weighted by molar-refractivity contribution is 7.18. The van der Waals surface area contributed by atoms with Crippen molar-refractivity contribution in [2.45, 2.75) is 33.0 Å². The van der Waals surface area contributed by atoms with Crippen molar-refractivity contribution >= 4 is 50.6 Å². The van der Waals surface area contributed by atoms with Crippen molar-refractivity contribution in [2.75, 3.05) is 30.4 Å². The Morgan fingerprint density at radius 2 is 2.14 bits per heavy atom. The Morgan fingerprint density at radius 1 is 1.40 bits per heavy atom. The molecule has 0 saturated carbocycles. The van der Waals surface area contributed by atoms with Gasteiger partial charge >= 0.3 is 0 Å².